The summed E-state index contributed by atoms with van der Waals surface area (Å²) in [6.45, 7) is 26.5. The fraction of sp³-hybridized carbons (Fsp3) is 0.600. The van der Waals surface area contributed by atoms with Crippen molar-refractivity contribution in [3.63, 3.8) is 0 Å². The van der Waals surface area contributed by atoms with Gasteiger partial charge < -0.3 is 31.2 Å². The molecule has 6 nitrogen and oxygen atoms in total. The first-order valence-electron chi connectivity index (χ1n) is 23.2. The second-order valence-electron chi connectivity index (χ2n) is 17.9. The summed E-state index contributed by atoms with van der Waals surface area (Å²) in [7, 11) is -4.90. The number of hydrogen-bond donors (Lipinski definition) is 2. The summed E-state index contributed by atoms with van der Waals surface area (Å²) >= 11 is 0. The van der Waals surface area contributed by atoms with E-state index in [2.05, 4.69) is 141 Å². The second-order valence-corrected chi connectivity index (χ2v) is 19.1. The standard InChI is InChI=1S/C55H91O4P.2H3N/c1-45(2)23-13-24-46(3)25-14-26-47(4)27-15-28-48(5)29-16-30-49(6)31-17-32-50(7)33-18-34-51(8)35-19-36-52(9)37-20-38-53(10)39-21-40-54(11)41-22-42-55(12)43-44-59-60(56,57)58;;/h23,25,27,29,31,33,35,37,39,41,43H,13-22,24,26,28,30,32,34,36,38,40,42,44H2,1-12H3,(H2,56,57,58);2*1H3/b46-25+,47-27+,48-29+,49-31-,50-33-,51-35-,52-37-,53-39-,54-41-,55-43-;;. The van der Waals surface area contributed by atoms with E-state index in [9.17, 15) is 14.4 Å². The lowest BCUT2D eigenvalue weighted by Crippen LogP contribution is -2.16. The minimum absolute atomic E-state index is 0. The van der Waals surface area contributed by atoms with Crippen LogP contribution in [0.1, 0.15) is 212 Å². The summed E-state index contributed by atoms with van der Waals surface area (Å²) in [4.78, 5) is 21.1. The van der Waals surface area contributed by atoms with Crippen molar-refractivity contribution in [3.05, 3.63) is 128 Å². The summed E-state index contributed by atoms with van der Waals surface area (Å²) in [6.07, 6.45) is 47.8. The van der Waals surface area contributed by atoms with E-state index in [0.29, 0.717) is 0 Å². The van der Waals surface area contributed by atoms with Gasteiger partial charge in [-0.1, -0.05) is 128 Å². The van der Waals surface area contributed by atoms with Crippen LogP contribution in [-0.2, 0) is 9.09 Å². The molecule has 8 N–H and O–H groups in total. The summed E-state index contributed by atoms with van der Waals surface area (Å²) in [5.41, 5.74) is 15.8. The maximum absolute atomic E-state index is 10.6. The van der Waals surface area contributed by atoms with Crippen molar-refractivity contribution in [2.24, 2.45) is 0 Å². The first kappa shape index (κ1) is 63.5. The number of phosphoric acid groups is 1. The third kappa shape index (κ3) is 43.8. The van der Waals surface area contributed by atoms with Crippen LogP contribution in [0.3, 0.4) is 0 Å². The van der Waals surface area contributed by atoms with Gasteiger partial charge >= 0.3 is 0 Å². The van der Waals surface area contributed by atoms with Gasteiger partial charge in [-0.3, -0.25) is 0 Å². The smallest absolute Gasteiger partial charge is 0.0702 e. The van der Waals surface area contributed by atoms with Gasteiger partial charge in [-0.2, -0.15) is 0 Å². The Bertz CT molecular complexity index is 1620. The lowest BCUT2D eigenvalue weighted by atomic mass is 10.0. The molecule has 0 unspecified atom stereocenters. The molecule has 0 aromatic carbocycles. The van der Waals surface area contributed by atoms with E-state index in [1.807, 2.05) is 6.92 Å². The number of quaternary nitrogens is 2. The fourth-order valence-corrected chi connectivity index (χ4v) is 7.05. The molecular weight excluding hydrogens is 784 g/mol. The van der Waals surface area contributed by atoms with Crippen molar-refractivity contribution in [2.75, 3.05) is 6.61 Å². The normalized spacial score (nSPS) is 14.5. The van der Waals surface area contributed by atoms with Gasteiger partial charge in [-0.05, 0) is 212 Å². The molecular formula is C55H97N2O4P. The van der Waals surface area contributed by atoms with E-state index >= 15 is 0 Å². The van der Waals surface area contributed by atoms with Crippen LogP contribution < -0.4 is 22.1 Å². The zero-order chi connectivity index (χ0) is 45.2. The summed E-state index contributed by atoms with van der Waals surface area (Å²) in [5, 5.41) is 0. The van der Waals surface area contributed by atoms with Gasteiger partial charge in [0.05, 0.1) is 14.4 Å². The van der Waals surface area contributed by atoms with Crippen LogP contribution in [-0.4, -0.2) is 6.61 Å². The Hall–Kier alpha value is -2.83. The van der Waals surface area contributed by atoms with Crippen molar-refractivity contribution in [1.29, 1.82) is 0 Å². The molecule has 356 valence electrons. The first-order valence-corrected chi connectivity index (χ1v) is 24.7. The Kier molecular flexibility index (Phi) is 40.7. The lowest BCUT2D eigenvalue weighted by Gasteiger charge is -2.27. The molecule has 0 heterocycles. The van der Waals surface area contributed by atoms with Crippen LogP contribution in [0, 0.1) is 0 Å². The number of allylic oxidation sites excluding steroid dienone is 21. The predicted octanol–water partition coefficient (Wildman–Crippen LogP) is 17.8. The minimum Gasteiger partial charge on any atom is -0.790 e. The molecule has 7 heteroatoms. The third-order valence-electron chi connectivity index (χ3n) is 11.0. The highest BCUT2D eigenvalue weighted by Gasteiger charge is 1.99. The van der Waals surface area contributed by atoms with Gasteiger partial charge in [-0.15, -0.1) is 0 Å². The van der Waals surface area contributed by atoms with Crippen LogP contribution in [0.15, 0.2) is 128 Å². The van der Waals surface area contributed by atoms with Crippen LogP contribution >= 0.6 is 7.82 Å². The highest BCUT2D eigenvalue weighted by molar-refractivity contribution is 7.43. The molecule has 0 aliphatic heterocycles. The van der Waals surface area contributed by atoms with E-state index < -0.39 is 7.82 Å². The molecule has 0 radical (unpaired) electrons. The molecule has 0 saturated heterocycles. The van der Waals surface area contributed by atoms with E-state index in [-0.39, 0.29) is 18.9 Å². The quantitative estimate of drug-likeness (QED) is 0.0499. The van der Waals surface area contributed by atoms with Gasteiger partial charge in [0.15, 0.2) is 0 Å². The maximum atomic E-state index is 10.6. The maximum Gasteiger partial charge on any atom is 0.0702 e. The molecule has 0 aliphatic carbocycles. The predicted molar refractivity (Wildman–Crippen MR) is 275 cm³/mol. The molecule has 0 saturated carbocycles. The van der Waals surface area contributed by atoms with Gasteiger partial charge in [0.1, 0.15) is 0 Å². The Morgan fingerprint density at radius 3 is 0.645 bits per heavy atom. The van der Waals surface area contributed by atoms with Crippen molar-refractivity contribution < 1.29 is 18.9 Å². The summed E-state index contributed by atoms with van der Waals surface area (Å²) in [6, 6.07) is 0. The van der Waals surface area contributed by atoms with Gasteiger partial charge in [0.25, 0.3) is 0 Å². The SMILES string of the molecule is CC(C)=CCC/C(C)=C/CC/C(C)=C/CC/C(C)=C/CC/C(C)=C\CC/C(C)=C\CC/C(C)=C\CC/C(C)=C\CC/C(C)=C\CC/C(C)=C\CC/C(C)=C\COP(=O)([O-])[O-].[NH4+].[NH4+]. The van der Waals surface area contributed by atoms with Crippen molar-refractivity contribution >= 4 is 7.82 Å². The molecule has 0 fully saturated rings. The summed E-state index contributed by atoms with van der Waals surface area (Å²) < 4.78 is 14.8. The second kappa shape index (κ2) is 39.7. The van der Waals surface area contributed by atoms with E-state index in [4.69, 9.17) is 0 Å². The van der Waals surface area contributed by atoms with Crippen molar-refractivity contribution in [1.82, 2.24) is 12.3 Å². The first-order chi connectivity index (χ1) is 28.4. The van der Waals surface area contributed by atoms with Crippen molar-refractivity contribution in [2.45, 2.75) is 212 Å². The average Bonchev–Trinajstić information content (AvgIpc) is 3.14. The van der Waals surface area contributed by atoms with Crippen LogP contribution in [0.2, 0.25) is 0 Å². The Balaban J connectivity index is -0.0000174. The molecule has 0 rings (SSSR count). The zero-order valence-electron chi connectivity index (χ0n) is 42.8. The zero-order valence-corrected chi connectivity index (χ0v) is 43.7. The highest BCUT2D eigenvalue weighted by Crippen LogP contribution is 2.24. The highest BCUT2D eigenvalue weighted by atomic mass is 31.2. The lowest BCUT2D eigenvalue weighted by molar-refractivity contribution is -0.340. The molecule has 0 bridgehead atoms. The van der Waals surface area contributed by atoms with Crippen LogP contribution in [0.5, 0.6) is 0 Å². The topological polar surface area (TPSA) is 145 Å². The average molecular weight is 881 g/mol. The monoisotopic (exact) mass is 881 g/mol. The van der Waals surface area contributed by atoms with Gasteiger partial charge in [-0.25, -0.2) is 0 Å². The molecule has 0 aliphatic rings. The molecule has 0 spiro atoms. The Morgan fingerprint density at radius 2 is 0.484 bits per heavy atom. The largest absolute Gasteiger partial charge is 0.790 e. The number of hydrogen-bond acceptors (Lipinski definition) is 4. The van der Waals surface area contributed by atoms with E-state index in [1.54, 1.807) is 6.08 Å². The van der Waals surface area contributed by atoms with E-state index in [0.717, 1.165) is 115 Å². The third-order valence-corrected chi connectivity index (χ3v) is 11.5. The number of rotatable bonds is 33. The molecule has 0 aromatic rings. The fourth-order valence-electron chi connectivity index (χ4n) is 6.80. The van der Waals surface area contributed by atoms with Crippen LogP contribution in [0.25, 0.3) is 0 Å². The molecule has 62 heavy (non-hydrogen) atoms. The van der Waals surface area contributed by atoms with Gasteiger partial charge in [0, 0.05) is 0 Å². The number of phosphoric ester groups is 1. The Labute approximate surface area is 383 Å². The molecule has 0 aromatic heterocycles. The Morgan fingerprint density at radius 1 is 0.323 bits per heavy atom. The minimum atomic E-state index is -4.90. The summed E-state index contributed by atoms with van der Waals surface area (Å²) in [5.74, 6) is 0. The molecule has 0 atom stereocenters. The van der Waals surface area contributed by atoms with E-state index in [1.165, 1.54) is 75.0 Å². The molecule has 0 amide bonds. The van der Waals surface area contributed by atoms with Crippen molar-refractivity contribution in [3.8, 4) is 0 Å². The van der Waals surface area contributed by atoms with Crippen LogP contribution in [0.4, 0.5) is 0 Å². The van der Waals surface area contributed by atoms with Gasteiger partial charge in [0.2, 0.25) is 0 Å².